The van der Waals surface area contributed by atoms with Gasteiger partial charge < -0.3 is 60.6 Å². The van der Waals surface area contributed by atoms with Gasteiger partial charge in [-0.1, -0.05) is 0 Å². The molecule has 0 saturated heterocycles. The highest BCUT2D eigenvalue weighted by Crippen LogP contribution is 2.58. The van der Waals surface area contributed by atoms with Gasteiger partial charge in [-0.15, -0.1) is 0 Å². The van der Waals surface area contributed by atoms with E-state index < -0.39 is 0 Å². The predicted molar refractivity (Wildman–Crippen MR) is 172 cm³/mol. The summed E-state index contributed by atoms with van der Waals surface area (Å²) in [7, 11) is 0. The van der Waals surface area contributed by atoms with Crippen LogP contribution in [0.5, 0.6) is 0 Å². The third-order valence-corrected chi connectivity index (χ3v) is 7.89. The topological polar surface area (TPSA) is 243 Å². The SMILES string of the molecule is OCCOCCNc1nc(NCCOCCO)nc(C2CC3CC2CC3c2nc(NCCOCCO)nc(NCCOCCO)n2)n1. The number of anilines is 4. The highest BCUT2D eigenvalue weighted by molar-refractivity contribution is 5.37. The molecule has 2 aromatic heterocycles. The zero-order valence-corrected chi connectivity index (χ0v) is 26.8. The Balaban J connectivity index is 1.43. The van der Waals surface area contributed by atoms with Gasteiger partial charge in [0.1, 0.15) is 11.6 Å². The molecular weight excluding hydrogens is 616 g/mol. The van der Waals surface area contributed by atoms with Crippen LogP contribution in [0.15, 0.2) is 0 Å². The standard InChI is InChI=1S/C29H50N10O8/c40-5-13-44-9-1-30-26-34-24(35-27(38-26)31-2-10-45-14-6-41)22-18-21-17-20(22)19-23(21)25-36-28(32-3-11-46-15-7-42)39-29(37-25)33-4-12-47-16-8-43/h20-23,40-43H,1-19H2,(H2,30,31,34,35,38)(H2,32,33,36,37,39). The number of hydrogen-bond donors (Lipinski definition) is 8. The van der Waals surface area contributed by atoms with E-state index in [1.54, 1.807) is 0 Å². The number of fused-ring (bicyclic) bond motifs is 2. The van der Waals surface area contributed by atoms with Gasteiger partial charge in [0.25, 0.3) is 0 Å². The first kappa shape index (κ1) is 36.7. The van der Waals surface area contributed by atoms with E-state index >= 15 is 0 Å². The quantitative estimate of drug-likeness (QED) is 0.0563. The van der Waals surface area contributed by atoms with E-state index in [1.807, 2.05) is 0 Å². The molecule has 47 heavy (non-hydrogen) atoms. The van der Waals surface area contributed by atoms with Gasteiger partial charge in [0, 0.05) is 38.0 Å². The third kappa shape index (κ3) is 12.1. The van der Waals surface area contributed by atoms with Gasteiger partial charge in [0.15, 0.2) is 0 Å². The lowest BCUT2D eigenvalue weighted by Gasteiger charge is -2.27. The second kappa shape index (κ2) is 21.0. The Morgan fingerprint density at radius 3 is 0.979 bits per heavy atom. The van der Waals surface area contributed by atoms with Crippen LogP contribution in [-0.4, -0.2) is 156 Å². The lowest BCUT2D eigenvalue weighted by molar-refractivity contribution is 0.0990. The van der Waals surface area contributed by atoms with E-state index in [-0.39, 0.29) is 64.7 Å². The van der Waals surface area contributed by atoms with Crippen LogP contribution in [0.1, 0.15) is 42.7 Å². The van der Waals surface area contributed by atoms with Crippen LogP contribution in [0.2, 0.25) is 0 Å². The molecule has 0 amide bonds. The maximum Gasteiger partial charge on any atom is 0.227 e. The van der Waals surface area contributed by atoms with Crippen molar-refractivity contribution in [3.8, 4) is 0 Å². The second-order valence-electron chi connectivity index (χ2n) is 11.2. The summed E-state index contributed by atoms with van der Waals surface area (Å²) in [6, 6.07) is 0. The minimum absolute atomic E-state index is 0.0332. The van der Waals surface area contributed by atoms with Gasteiger partial charge in [-0.25, -0.2) is 0 Å². The number of hydrogen-bond acceptors (Lipinski definition) is 18. The van der Waals surface area contributed by atoms with E-state index in [9.17, 15) is 0 Å². The second-order valence-corrected chi connectivity index (χ2v) is 11.2. The van der Waals surface area contributed by atoms with Gasteiger partial charge in [0.05, 0.1) is 79.3 Å². The number of aromatic nitrogens is 6. The van der Waals surface area contributed by atoms with E-state index in [4.69, 9.17) is 59.3 Å². The first-order valence-electron chi connectivity index (χ1n) is 16.4. The average Bonchev–Trinajstić information content (AvgIpc) is 3.70. The predicted octanol–water partition coefficient (Wildman–Crippen LogP) is -0.963. The Morgan fingerprint density at radius 2 is 0.723 bits per heavy atom. The molecular formula is C29H50N10O8. The summed E-state index contributed by atoms with van der Waals surface area (Å²) in [5, 5.41) is 48.6. The molecule has 2 saturated carbocycles. The van der Waals surface area contributed by atoms with Crippen molar-refractivity contribution < 1.29 is 39.4 Å². The van der Waals surface area contributed by atoms with Crippen LogP contribution < -0.4 is 21.3 Å². The highest BCUT2D eigenvalue weighted by Gasteiger charge is 2.49. The van der Waals surface area contributed by atoms with E-state index in [0.717, 1.165) is 30.9 Å². The van der Waals surface area contributed by atoms with Crippen molar-refractivity contribution in [2.45, 2.75) is 31.1 Å². The summed E-state index contributed by atoms with van der Waals surface area (Å²) < 4.78 is 21.4. The summed E-state index contributed by atoms with van der Waals surface area (Å²) >= 11 is 0. The zero-order chi connectivity index (χ0) is 33.1. The molecule has 264 valence electrons. The number of ether oxygens (including phenoxy) is 4. The Kier molecular flexibility index (Phi) is 16.4. The zero-order valence-electron chi connectivity index (χ0n) is 26.8. The Morgan fingerprint density at radius 1 is 0.426 bits per heavy atom. The number of rotatable bonds is 26. The summed E-state index contributed by atoms with van der Waals surface area (Å²) in [5.41, 5.74) is 0. The minimum Gasteiger partial charge on any atom is -0.394 e. The van der Waals surface area contributed by atoms with E-state index in [2.05, 4.69) is 31.2 Å². The molecule has 4 atom stereocenters. The molecule has 18 heteroatoms. The van der Waals surface area contributed by atoms with Crippen LogP contribution in [0, 0.1) is 11.8 Å². The van der Waals surface area contributed by atoms with Gasteiger partial charge in [0.2, 0.25) is 23.8 Å². The molecule has 2 heterocycles. The molecule has 4 unspecified atom stereocenters. The molecule has 0 aromatic carbocycles. The third-order valence-electron chi connectivity index (χ3n) is 7.89. The lowest BCUT2D eigenvalue weighted by Crippen LogP contribution is -2.23. The summed E-state index contributed by atoms with van der Waals surface area (Å²) in [6.45, 7) is 4.48. The summed E-state index contributed by atoms with van der Waals surface area (Å²) in [4.78, 5) is 28.2. The van der Waals surface area contributed by atoms with Crippen molar-refractivity contribution >= 4 is 23.8 Å². The van der Waals surface area contributed by atoms with E-state index in [0.29, 0.717) is 88.2 Å². The number of nitrogens with one attached hydrogen (secondary N) is 4. The van der Waals surface area contributed by atoms with E-state index in [1.165, 1.54) is 0 Å². The molecule has 2 aliphatic carbocycles. The Bertz CT molecular complexity index is 1020. The molecule has 4 rings (SSSR count). The van der Waals surface area contributed by atoms with Crippen molar-refractivity contribution in [3.05, 3.63) is 11.6 Å². The lowest BCUT2D eigenvalue weighted by atomic mass is 9.81. The smallest absolute Gasteiger partial charge is 0.227 e. The average molecular weight is 667 g/mol. The van der Waals surface area contributed by atoms with Crippen molar-refractivity contribution in [2.75, 3.05) is 127 Å². The fourth-order valence-electron chi connectivity index (χ4n) is 5.95. The number of nitrogens with zero attached hydrogens (tertiary/aromatic N) is 6. The van der Waals surface area contributed by atoms with Gasteiger partial charge in [-0.05, 0) is 31.1 Å². The van der Waals surface area contributed by atoms with Crippen molar-refractivity contribution in [2.24, 2.45) is 11.8 Å². The molecule has 0 spiro atoms. The van der Waals surface area contributed by atoms with Crippen molar-refractivity contribution in [3.63, 3.8) is 0 Å². The molecule has 2 bridgehead atoms. The van der Waals surface area contributed by atoms with Crippen LogP contribution >= 0.6 is 0 Å². The first-order chi connectivity index (χ1) is 23.1. The molecule has 18 nitrogen and oxygen atoms in total. The molecule has 2 aromatic rings. The monoisotopic (exact) mass is 666 g/mol. The summed E-state index contributed by atoms with van der Waals surface area (Å²) in [5.74, 6) is 4.28. The minimum atomic E-state index is -0.0332. The van der Waals surface area contributed by atoms with Crippen LogP contribution in [0.3, 0.4) is 0 Å². The highest BCUT2D eigenvalue weighted by atomic mass is 16.5. The first-order valence-corrected chi connectivity index (χ1v) is 16.4. The molecule has 2 fully saturated rings. The molecule has 0 radical (unpaired) electrons. The molecule has 2 aliphatic rings. The van der Waals surface area contributed by atoms with Crippen LogP contribution in [0.25, 0.3) is 0 Å². The fourth-order valence-corrected chi connectivity index (χ4v) is 5.95. The largest absolute Gasteiger partial charge is 0.394 e. The van der Waals surface area contributed by atoms with Gasteiger partial charge in [-0.3, -0.25) is 0 Å². The van der Waals surface area contributed by atoms with Crippen molar-refractivity contribution in [1.29, 1.82) is 0 Å². The maximum absolute atomic E-state index is 8.95. The number of aliphatic hydroxyl groups excluding tert-OH is 4. The summed E-state index contributed by atoms with van der Waals surface area (Å²) in [6.07, 6.45) is 2.79. The Labute approximate surface area is 274 Å². The Hall–Kier alpha value is -3.10. The van der Waals surface area contributed by atoms with Crippen LogP contribution in [0.4, 0.5) is 23.8 Å². The number of aliphatic hydroxyl groups is 4. The molecule has 8 N–H and O–H groups in total. The van der Waals surface area contributed by atoms with Crippen molar-refractivity contribution in [1.82, 2.24) is 29.9 Å². The molecule has 0 aliphatic heterocycles. The van der Waals surface area contributed by atoms with Gasteiger partial charge >= 0.3 is 0 Å². The fraction of sp³-hybridized carbons (Fsp3) is 0.793. The van der Waals surface area contributed by atoms with Gasteiger partial charge in [-0.2, -0.15) is 29.9 Å². The van der Waals surface area contributed by atoms with Crippen LogP contribution in [-0.2, 0) is 18.9 Å². The normalized spacial score (nSPS) is 20.1. The maximum atomic E-state index is 8.95.